The van der Waals surface area contributed by atoms with Crippen LogP contribution in [0.3, 0.4) is 0 Å². The number of primary amides is 1. The highest BCUT2D eigenvalue weighted by molar-refractivity contribution is 7.92. The molecule has 2 N–H and O–H groups in total. The molecular weight excluding hydrogens is 333 g/mol. The minimum absolute atomic E-state index is 0.371. The fourth-order valence-electron chi connectivity index (χ4n) is 1.86. The zero-order chi connectivity index (χ0) is 17.2. The summed E-state index contributed by atoms with van der Waals surface area (Å²) >= 11 is 0. The molecule has 0 spiro atoms. The first-order valence-corrected chi connectivity index (χ1v) is 7.67. The van der Waals surface area contributed by atoms with E-state index in [1.807, 2.05) is 0 Å². The van der Waals surface area contributed by atoms with Crippen molar-refractivity contribution in [1.29, 1.82) is 0 Å². The van der Waals surface area contributed by atoms with Crippen molar-refractivity contribution in [3.8, 4) is 0 Å². The van der Waals surface area contributed by atoms with Crippen molar-refractivity contribution in [2.24, 2.45) is 5.73 Å². The molecule has 0 unspecified atom stereocenters. The summed E-state index contributed by atoms with van der Waals surface area (Å²) < 4.78 is 65.3. The molecule has 0 saturated carbocycles. The van der Waals surface area contributed by atoms with Crippen LogP contribution in [0.4, 0.5) is 18.9 Å². The van der Waals surface area contributed by atoms with Gasteiger partial charge in [-0.25, -0.2) is 21.6 Å². The van der Waals surface area contributed by atoms with Gasteiger partial charge < -0.3 is 5.73 Å². The number of carbonyl (C=O) groups excluding carboxylic acids is 1. The number of nitrogens with zero attached hydrogens (tertiary/aromatic N) is 1. The highest BCUT2D eigenvalue weighted by atomic mass is 32.2. The number of benzene rings is 2. The minimum atomic E-state index is -4.40. The molecule has 5 nitrogen and oxygen atoms in total. The van der Waals surface area contributed by atoms with Crippen molar-refractivity contribution in [3.05, 3.63) is 59.9 Å². The summed E-state index contributed by atoms with van der Waals surface area (Å²) in [4.78, 5) is 10.8. The lowest BCUT2D eigenvalue weighted by Gasteiger charge is -2.23. The average molecular weight is 344 g/mol. The van der Waals surface area contributed by atoms with Crippen LogP contribution in [0.1, 0.15) is 0 Å². The molecule has 0 aliphatic heterocycles. The van der Waals surface area contributed by atoms with Gasteiger partial charge in [0.25, 0.3) is 10.0 Å². The zero-order valence-electron chi connectivity index (χ0n) is 11.5. The van der Waals surface area contributed by atoms with Crippen molar-refractivity contribution >= 4 is 21.6 Å². The Kier molecular flexibility index (Phi) is 4.60. The molecule has 9 heteroatoms. The number of anilines is 1. The Morgan fingerprint density at radius 2 is 1.57 bits per heavy atom. The highest BCUT2D eigenvalue weighted by Gasteiger charge is 2.28. The van der Waals surface area contributed by atoms with Gasteiger partial charge >= 0.3 is 0 Å². The average Bonchev–Trinajstić information content (AvgIpc) is 2.45. The molecule has 1 amide bonds. The number of nitrogens with two attached hydrogens (primary N) is 1. The predicted molar refractivity (Wildman–Crippen MR) is 76.5 cm³/mol. The first-order valence-electron chi connectivity index (χ1n) is 6.23. The van der Waals surface area contributed by atoms with Crippen LogP contribution in [0.2, 0.25) is 0 Å². The van der Waals surface area contributed by atoms with Gasteiger partial charge in [0.15, 0.2) is 0 Å². The number of amides is 1. The molecule has 122 valence electrons. The lowest BCUT2D eigenvalue weighted by Crippen LogP contribution is -2.39. The van der Waals surface area contributed by atoms with Gasteiger partial charge in [0, 0.05) is 6.07 Å². The second-order valence-electron chi connectivity index (χ2n) is 4.53. The Morgan fingerprint density at radius 1 is 1.00 bits per heavy atom. The van der Waals surface area contributed by atoms with Gasteiger partial charge in [-0.1, -0.05) is 0 Å². The van der Waals surface area contributed by atoms with E-state index in [0.717, 1.165) is 36.4 Å². The highest BCUT2D eigenvalue weighted by Crippen LogP contribution is 2.26. The van der Waals surface area contributed by atoms with E-state index in [2.05, 4.69) is 0 Å². The Balaban J connectivity index is 2.57. The van der Waals surface area contributed by atoms with Gasteiger partial charge in [0.1, 0.15) is 24.0 Å². The van der Waals surface area contributed by atoms with Crippen molar-refractivity contribution in [1.82, 2.24) is 0 Å². The monoisotopic (exact) mass is 344 g/mol. The van der Waals surface area contributed by atoms with Crippen LogP contribution in [0.5, 0.6) is 0 Å². The minimum Gasteiger partial charge on any atom is -0.368 e. The van der Waals surface area contributed by atoms with Gasteiger partial charge in [-0.3, -0.25) is 9.10 Å². The van der Waals surface area contributed by atoms with Crippen LogP contribution in [-0.4, -0.2) is 20.9 Å². The van der Waals surface area contributed by atoms with E-state index in [-0.39, 0.29) is 4.90 Å². The summed E-state index contributed by atoms with van der Waals surface area (Å²) in [5, 5.41) is 0. The maximum Gasteiger partial charge on any atom is 0.264 e. The second kappa shape index (κ2) is 6.29. The maximum absolute atomic E-state index is 13.9. The standard InChI is InChI=1S/C14H11F3N2O3S/c15-9-1-4-11(5-2-9)23(21,22)19(8-14(18)20)13-6-3-10(16)7-12(13)17/h1-7H,8H2,(H2,18,20). The van der Waals surface area contributed by atoms with Crippen LogP contribution >= 0.6 is 0 Å². The molecule has 0 aromatic heterocycles. The molecule has 2 aromatic carbocycles. The normalized spacial score (nSPS) is 11.3. The number of halogens is 3. The van der Waals surface area contributed by atoms with Crippen LogP contribution in [0.25, 0.3) is 0 Å². The number of sulfonamides is 1. The molecule has 0 aliphatic carbocycles. The van der Waals surface area contributed by atoms with E-state index >= 15 is 0 Å². The molecule has 0 aliphatic rings. The van der Waals surface area contributed by atoms with Gasteiger partial charge in [0.2, 0.25) is 5.91 Å². The maximum atomic E-state index is 13.9. The van der Waals surface area contributed by atoms with Crippen LogP contribution in [-0.2, 0) is 14.8 Å². The first kappa shape index (κ1) is 16.8. The zero-order valence-corrected chi connectivity index (χ0v) is 12.4. The third kappa shape index (κ3) is 3.62. The largest absolute Gasteiger partial charge is 0.368 e. The lowest BCUT2D eigenvalue weighted by atomic mass is 10.3. The molecule has 23 heavy (non-hydrogen) atoms. The van der Waals surface area contributed by atoms with Gasteiger partial charge in [-0.15, -0.1) is 0 Å². The molecular formula is C14H11F3N2O3S. The van der Waals surface area contributed by atoms with E-state index in [4.69, 9.17) is 5.73 Å². The van der Waals surface area contributed by atoms with Crippen LogP contribution in [0.15, 0.2) is 47.4 Å². The van der Waals surface area contributed by atoms with Crippen LogP contribution < -0.4 is 10.0 Å². The van der Waals surface area contributed by atoms with Crippen molar-refractivity contribution < 1.29 is 26.4 Å². The van der Waals surface area contributed by atoms with Gasteiger partial charge in [0.05, 0.1) is 10.6 Å². The Morgan fingerprint density at radius 3 is 2.09 bits per heavy atom. The topological polar surface area (TPSA) is 80.5 Å². The van der Waals surface area contributed by atoms with Gasteiger partial charge in [-0.05, 0) is 36.4 Å². The van der Waals surface area contributed by atoms with E-state index in [1.54, 1.807) is 0 Å². The summed E-state index contributed by atoms with van der Waals surface area (Å²) in [6.07, 6.45) is 0. The number of carbonyl (C=O) groups is 1. The molecule has 0 atom stereocenters. The van der Waals surface area contributed by atoms with Crippen molar-refractivity contribution in [2.75, 3.05) is 10.8 Å². The van der Waals surface area contributed by atoms with Crippen LogP contribution in [0, 0.1) is 17.5 Å². The summed E-state index contributed by atoms with van der Waals surface area (Å²) in [7, 11) is -4.40. The summed E-state index contributed by atoms with van der Waals surface area (Å²) in [6.45, 7) is -0.859. The van der Waals surface area contributed by atoms with Gasteiger partial charge in [-0.2, -0.15) is 0 Å². The molecule has 0 heterocycles. The smallest absolute Gasteiger partial charge is 0.264 e. The third-order valence-electron chi connectivity index (χ3n) is 2.88. The second-order valence-corrected chi connectivity index (χ2v) is 6.39. The van der Waals surface area contributed by atoms with Crippen molar-refractivity contribution in [2.45, 2.75) is 4.90 Å². The Labute approximate surface area is 130 Å². The lowest BCUT2D eigenvalue weighted by molar-refractivity contribution is -0.116. The third-order valence-corrected chi connectivity index (χ3v) is 4.65. The van der Waals surface area contributed by atoms with Crippen molar-refractivity contribution in [3.63, 3.8) is 0 Å². The fourth-order valence-corrected chi connectivity index (χ4v) is 3.30. The van der Waals surface area contributed by atoms with E-state index in [9.17, 15) is 26.4 Å². The summed E-state index contributed by atoms with van der Waals surface area (Å²) in [6, 6.07) is 5.90. The SMILES string of the molecule is NC(=O)CN(c1ccc(F)cc1F)S(=O)(=O)c1ccc(F)cc1. The number of hydrogen-bond donors (Lipinski definition) is 1. The Bertz CT molecular complexity index is 839. The predicted octanol–water partition coefficient (Wildman–Crippen LogP) is 1.78. The number of rotatable bonds is 5. The molecule has 2 aromatic rings. The van der Waals surface area contributed by atoms with E-state index in [0.29, 0.717) is 10.4 Å². The van der Waals surface area contributed by atoms with E-state index in [1.165, 1.54) is 0 Å². The molecule has 0 fully saturated rings. The fraction of sp³-hybridized carbons (Fsp3) is 0.0714. The summed E-state index contributed by atoms with van der Waals surface area (Å²) in [5.74, 6) is -3.81. The molecule has 0 bridgehead atoms. The quantitative estimate of drug-likeness (QED) is 0.898. The molecule has 0 saturated heterocycles. The van der Waals surface area contributed by atoms with E-state index < -0.39 is 45.6 Å². The Hall–Kier alpha value is -2.55. The molecule has 0 radical (unpaired) electrons. The summed E-state index contributed by atoms with van der Waals surface area (Å²) in [5.41, 5.74) is 4.46. The molecule has 2 rings (SSSR count). The first-order chi connectivity index (χ1) is 10.7. The number of hydrogen-bond acceptors (Lipinski definition) is 3.